The van der Waals surface area contributed by atoms with Crippen LogP contribution in [-0.2, 0) is 15.1 Å². The van der Waals surface area contributed by atoms with E-state index in [1.54, 1.807) is 4.90 Å². The molecule has 0 aromatic heterocycles. The third-order valence-corrected chi connectivity index (χ3v) is 5.14. The Morgan fingerprint density at radius 1 is 0.914 bits per heavy atom. The fourth-order valence-electron chi connectivity index (χ4n) is 3.52. The number of guanidine groups is 1. The van der Waals surface area contributed by atoms with Gasteiger partial charge in [0.25, 0.3) is 5.91 Å². The number of hydrogen-bond acceptors (Lipinski definition) is 4. The number of nitrogens with two attached hydrogens (primary N) is 1. The molecule has 0 radical (unpaired) electrons. The van der Waals surface area contributed by atoms with Gasteiger partial charge in [0.2, 0.25) is 0 Å². The minimum absolute atomic E-state index is 0.139. The molecule has 9 heteroatoms. The monoisotopic (exact) mass is 481 g/mol. The first kappa shape index (κ1) is 25.2. The number of nitrogens with zero attached hydrogens (tertiary/aromatic N) is 2. The van der Waals surface area contributed by atoms with Crippen LogP contribution in [0.1, 0.15) is 16.7 Å². The first-order valence-corrected chi connectivity index (χ1v) is 10.5. The van der Waals surface area contributed by atoms with Gasteiger partial charge in [-0.3, -0.25) is 9.69 Å². The summed E-state index contributed by atoms with van der Waals surface area (Å²) in [5, 5.41) is 7.12. The van der Waals surface area contributed by atoms with Crippen LogP contribution in [0.5, 0.6) is 0 Å². The van der Waals surface area contributed by atoms with Crippen LogP contribution >= 0.6 is 0 Å². The second-order valence-corrected chi connectivity index (χ2v) is 7.44. The summed E-state index contributed by atoms with van der Waals surface area (Å²) in [7, 11) is 0. The van der Waals surface area contributed by atoms with Gasteiger partial charge in [-0.2, -0.15) is 13.2 Å². The van der Waals surface area contributed by atoms with Gasteiger partial charge in [0.1, 0.15) is 0 Å². The summed E-state index contributed by atoms with van der Waals surface area (Å²) in [5.41, 5.74) is 7.76. The largest absolute Gasteiger partial charge is 0.490 e. The highest BCUT2D eigenvalue weighted by atomic mass is 19.4. The average molecular weight is 481 g/mol. The lowest BCUT2D eigenvalue weighted by atomic mass is 9.83. The maximum atomic E-state index is 13.6. The number of hydrogen-bond donors (Lipinski definition) is 2. The molecule has 1 aliphatic heterocycles. The van der Waals surface area contributed by atoms with E-state index in [1.165, 1.54) is 0 Å². The summed E-state index contributed by atoms with van der Waals surface area (Å²) in [6.07, 6.45) is -1.17. The summed E-state index contributed by atoms with van der Waals surface area (Å²) in [4.78, 5) is 28.7. The maximum Gasteiger partial charge on any atom is 0.490 e. The molecule has 3 aromatic rings. The van der Waals surface area contributed by atoms with Crippen LogP contribution in [0.2, 0.25) is 0 Å². The van der Waals surface area contributed by atoms with E-state index in [-0.39, 0.29) is 11.9 Å². The van der Waals surface area contributed by atoms with Crippen LogP contribution < -0.4 is 5.73 Å². The van der Waals surface area contributed by atoms with Crippen LogP contribution in [-0.4, -0.2) is 40.6 Å². The number of carbonyl (C=O) groups excluding carboxylic acids is 1. The van der Waals surface area contributed by atoms with Crippen molar-refractivity contribution in [3.63, 3.8) is 0 Å². The SMILES string of the molecule is NC1=NC(c2ccccc2)(c2ccccc2)C(=O)N1CC=Cc1ccccc1.O=C(O)C(F)(F)F. The summed E-state index contributed by atoms with van der Waals surface area (Å²) in [6, 6.07) is 29.1. The fourth-order valence-corrected chi connectivity index (χ4v) is 3.52. The molecule has 1 aliphatic rings. The van der Waals surface area contributed by atoms with E-state index in [2.05, 4.69) is 4.99 Å². The molecule has 6 nitrogen and oxygen atoms in total. The van der Waals surface area contributed by atoms with Crippen molar-refractivity contribution in [3.8, 4) is 0 Å². The van der Waals surface area contributed by atoms with Crippen LogP contribution in [0, 0.1) is 0 Å². The standard InChI is InChI=1S/C24H21N3O.C2HF3O2/c25-23-26-24(20-14-6-2-7-15-20,21-16-8-3-9-17-21)22(28)27(23)18-10-13-19-11-4-1-5-12-19;3-2(4,5)1(6)7/h1-17H,18H2,(H2,25,26);(H,6,7). The number of alkyl halides is 3. The Labute approximate surface area is 199 Å². The zero-order valence-electron chi connectivity index (χ0n) is 18.4. The number of aliphatic carboxylic acids is 1. The van der Waals surface area contributed by atoms with Crippen LogP contribution in [0.3, 0.4) is 0 Å². The predicted octanol–water partition coefficient (Wildman–Crippen LogP) is 4.43. The molecule has 0 spiro atoms. The topological polar surface area (TPSA) is 96.0 Å². The van der Waals surface area contributed by atoms with Crippen LogP contribution in [0.4, 0.5) is 13.2 Å². The van der Waals surface area contributed by atoms with E-state index in [1.807, 2.05) is 103 Å². The highest BCUT2D eigenvalue weighted by Gasteiger charge is 2.50. The van der Waals surface area contributed by atoms with Gasteiger partial charge in [-0.1, -0.05) is 103 Å². The Balaban J connectivity index is 0.000000429. The van der Waals surface area contributed by atoms with Crippen molar-refractivity contribution in [3.05, 3.63) is 114 Å². The van der Waals surface area contributed by atoms with E-state index in [9.17, 15) is 18.0 Å². The predicted molar refractivity (Wildman–Crippen MR) is 126 cm³/mol. The minimum atomic E-state index is -5.08. The quantitative estimate of drug-likeness (QED) is 0.564. The lowest BCUT2D eigenvalue weighted by molar-refractivity contribution is -0.192. The van der Waals surface area contributed by atoms with Crippen molar-refractivity contribution in [2.45, 2.75) is 11.7 Å². The molecule has 35 heavy (non-hydrogen) atoms. The molecule has 0 saturated carbocycles. The van der Waals surface area contributed by atoms with Gasteiger partial charge in [-0.15, -0.1) is 0 Å². The number of carbonyl (C=O) groups is 2. The van der Waals surface area contributed by atoms with Crippen molar-refractivity contribution in [2.75, 3.05) is 6.54 Å². The van der Waals surface area contributed by atoms with Crippen molar-refractivity contribution >= 4 is 23.9 Å². The lowest BCUT2D eigenvalue weighted by Gasteiger charge is -2.26. The van der Waals surface area contributed by atoms with E-state index >= 15 is 0 Å². The second kappa shape index (κ2) is 10.7. The first-order chi connectivity index (χ1) is 16.7. The lowest BCUT2D eigenvalue weighted by Crippen LogP contribution is -2.43. The Kier molecular flexibility index (Phi) is 7.70. The number of amides is 1. The molecule has 0 atom stereocenters. The van der Waals surface area contributed by atoms with Gasteiger partial charge < -0.3 is 10.8 Å². The number of halogens is 3. The van der Waals surface area contributed by atoms with Crippen molar-refractivity contribution < 1.29 is 27.9 Å². The normalized spacial score (nSPS) is 14.9. The van der Waals surface area contributed by atoms with Gasteiger partial charge in [0.15, 0.2) is 11.5 Å². The molecule has 3 N–H and O–H groups in total. The van der Waals surface area contributed by atoms with Crippen molar-refractivity contribution in [1.82, 2.24) is 4.90 Å². The van der Waals surface area contributed by atoms with E-state index in [4.69, 9.17) is 15.6 Å². The number of carboxylic acid groups (broad SMARTS) is 1. The molecule has 1 heterocycles. The molecule has 0 fully saturated rings. The van der Waals surface area contributed by atoms with Crippen molar-refractivity contribution in [2.24, 2.45) is 10.7 Å². The molecular formula is C26H22F3N3O3. The molecule has 0 bridgehead atoms. The highest BCUT2D eigenvalue weighted by Crippen LogP contribution is 2.39. The Bertz CT molecular complexity index is 1170. The molecule has 0 unspecified atom stereocenters. The second-order valence-electron chi connectivity index (χ2n) is 7.44. The third kappa shape index (κ3) is 5.75. The minimum Gasteiger partial charge on any atom is -0.475 e. The Hall–Kier alpha value is -4.40. The summed E-state index contributed by atoms with van der Waals surface area (Å²) in [5.74, 6) is -2.66. The zero-order chi connectivity index (χ0) is 25.5. The maximum absolute atomic E-state index is 13.6. The van der Waals surface area contributed by atoms with Gasteiger partial charge in [-0.25, -0.2) is 9.79 Å². The Morgan fingerprint density at radius 3 is 1.77 bits per heavy atom. The van der Waals surface area contributed by atoms with Crippen LogP contribution in [0.15, 0.2) is 102 Å². The average Bonchev–Trinajstić information content (AvgIpc) is 3.11. The van der Waals surface area contributed by atoms with Crippen LogP contribution in [0.25, 0.3) is 6.08 Å². The van der Waals surface area contributed by atoms with E-state index in [0.29, 0.717) is 6.54 Å². The number of carboxylic acids is 1. The van der Waals surface area contributed by atoms with Gasteiger partial charge in [0, 0.05) is 6.54 Å². The van der Waals surface area contributed by atoms with E-state index < -0.39 is 17.7 Å². The number of rotatable bonds is 5. The fraction of sp³-hybridized carbons (Fsp3) is 0.115. The molecular weight excluding hydrogens is 459 g/mol. The molecule has 0 aliphatic carbocycles. The van der Waals surface area contributed by atoms with Crippen molar-refractivity contribution in [1.29, 1.82) is 0 Å². The first-order valence-electron chi connectivity index (χ1n) is 10.5. The smallest absolute Gasteiger partial charge is 0.475 e. The molecule has 3 aromatic carbocycles. The zero-order valence-corrected chi connectivity index (χ0v) is 18.4. The van der Waals surface area contributed by atoms with E-state index in [0.717, 1.165) is 16.7 Å². The number of aliphatic imine (C=N–C) groups is 1. The summed E-state index contributed by atoms with van der Waals surface area (Å²) < 4.78 is 31.7. The summed E-state index contributed by atoms with van der Waals surface area (Å²) >= 11 is 0. The molecule has 4 rings (SSSR count). The summed E-state index contributed by atoms with van der Waals surface area (Å²) in [6.45, 7) is 0.366. The molecule has 180 valence electrons. The number of benzene rings is 3. The Morgan fingerprint density at radius 2 is 1.34 bits per heavy atom. The molecule has 1 amide bonds. The highest BCUT2D eigenvalue weighted by molar-refractivity contribution is 6.09. The van der Waals surface area contributed by atoms with Gasteiger partial charge >= 0.3 is 12.1 Å². The van der Waals surface area contributed by atoms with Gasteiger partial charge in [0.05, 0.1) is 0 Å². The molecule has 0 saturated heterocycles. The third-order valence-electron chi connectivity index (χ3n) is 5.14. The van der Waals surface area contributed by atoms with Gasteiger partial charge in [-0.05, 0) is 16.7 Å².